The molecule has 7 heteroatoms. The van der Waals surface area contributed by atoms with Gasteiger partial charge in [-0.15, -0.1) is 0 Å². The second kappa shape index (κ2) is 7.42. The zero-order valence-corrected chi connectivity index (χ0v) is 18.2. The number of nitrogens with one attached hydrogen (secondary N) is 1. The van der Waals surface area contributed by atoms with Gasteiger partial charge >= 0.3 is 0 Å². The molecule has 0 aromatic carbocycles. The van der Waals surface area contributed by atoms with Crippen LogP contribution in [0, 0.1) is 29.6 Å². The number of nitrogens with zero attached hydrogens (tertiary/aromatic N) is 3. The number of carbonyl (C=O) groups excluding carboxylic acids is 2. The van der Waals surface area contributed by atoms with Crippen molar-refractivity contribution in [1.82, 2.24) is 20.3 Å². The van der Waals surface area contributed by atoms with Crippen LogP contribution in [-0.2, 0) is 4.79 Å². The Bertz CT molecular complexity index is 781. The normalized spacial score (nSPS) is 28.9. The van der Waals surface area contributed by atoms with Gasteiger partial charge in [-0.3, -0.25) is 9.59 Å². The van der Waals surface area contributed by atoms with E-state index < -0.39 is 0 Å². The SMILES string of the molecule is Cc1cc(C(=O)N2CCC3(CC2)CC[C@@]2(C(=O)NCC(C)C)CN(C)C[C@@H]32)no1. The van der Waals surface area contributed by atoms with Crippen LogP contribution in [-0.4, -0.2) is 66.5 Å². The molecule has 1 spiro atoms. The molecule has 4 rings (SSSR count). The van der Waals surface area contributed by atoms with Gasteiger partial charge in [0, 0.05) is 38.8 Å². The molecular formula is C22H34N4O3. The third-order valence-electron chi connectivity index (χ3n) is 7.54. The van der Waals surface area contributed by atoms with E-state index in [0.29, 0.717) is 23.3 Å². The molecular weight excluding hydrogens is 368 g/mol. The van der Waals surface area contributed by atoms with Gasteiger partial charge in [-0.25, -0.2) is 0 Å². The first-order chi connectivity index (χ1) is 13.8. The zero-order valence-electron chi connectivity index (χ0n) is 18.2. The third-order valence-corrected chi connectivity index (χ3v) is 7.54. The second-order valence-electron chi connectivity index (χ2n) is 9.99. The van der Waals surface area contributed by atoms with E-state index in [1.54, 1.807) is 13.0 Å². The minimum Gasteiger partial charge on any atom is -0.361 e. The van der Waals surface area contributed by atoms with Gasteiger partial charge in [0.25, 0.3) is 5.91 Å². The van der Waals surface area contributed by atoms with E-state index >= 15 is 0 Å². The molecule has 2 atom stereocenters. The fourth-order valence-corrected chi connectivity index (χ4v) is 6.02. The van der Waals surface area contributed by atoms with Crippen LogP contribution in [0.25, 0.3) is 0 Å². The molecule has 29 heavy (non-hydrogen) atoms. The molecule has 1 aromatic rings. The fraction of sp³-hybridized carbons (Fsp3) is 0.773. The number of carbonyl (C=O) groups is 2. The quantitative estimate of drug-likeness (QED) is 0.836. The molecule has 1 saturated carbocycles. The summed E-state index contributed by atoms with van der Waals surface area (Å²) in [5, 5.41) is 7.12. The Kier molecular flexibility index (Phi) is 5.21. The largest absolute Gasteiger partial charge is 0.361 e. The van der Waals surface area contributed by atoms with Crippen molar-refractivity contribution in [1.29, 1.82) is 0 Å². The lowest BCUT2D eigenvalue weighted by atomic mass is 9.65. The molecule has 2 aliphatic heterocycles. The highest BCUT2D eigenvalue weighted by Gasteiger charge is 2.63. The Morgan fingerprint density at radius 2 is 2.00 bits per heavy atom. The molecule has 2 amide bonds. The minimum absolute atomic E-state index is 0.0424. The first kappa shape index (κ1) is 20.4. The van der Waals surface area contributed by atoms with Gasteiger partial charge in [-0.05, 0) is 56.9 Å². The summed E-state index contributed by atoms with van der Waals surface area (Å²) in [6, 6.07) is 1.71. The predicted octanol–water partition coefficient (Wildman–Crippen LogP) is 2.32. The summed E-state index contributed by atoms with van der Waals surface area (Å²) >= 11 is 0. The van der Waals surface area contributed by atoms with Gasteiger partial charge in [-0.2, -0.15) is 0 Å². The van der Waals surface area contributed by atoms with Gasteiger partial charge < -0.3 is 19.6 Å². The van der Waals surface area contributed by atoms with Crippen LogP contribution in [0.1, 0.15) is 55.8 Å². The van der Waals surface area contributed by atoms with Crippen LogP contribution in [0.4, 0.5) is 0 Å². The number of rotatable bonds is 4. The number of hydrogen-bond donors (Lipinski definition) is 1. The number of amides is 2. The first-order valence-electron chi connectivity index (χ1n) is 11.0. The highest BCUT2D eigenvalue weighted by Crippen LogP contribution is 2.61. The van der Waals surface area contributed by atoms with E-state index in [9.17, 15) is 9.59 Å². The molecule has 3 heterocycles. The molecule has 3 fully saturated rings. The highest BCUT2D eigenvalue weighted by molar-refractivity contribution is 5.92. The van der Waals surface area contributed by atoms with Crippen LogP contribution in [0.3, 0.4) is 0 Å². The van der Waals surface area contributed by atoms with Gasteiger partial charge in [-0.1, -0.05) is 19.0 Å². The molecule has 1 N–H and O–H groups in total. The summed E-state index contributed by atoms with van der Waals surface area (Å²) < 4.78 is 5.07. The Labute approximate surface area is 173 Å². The van der Waals surface area contributed by atoms with Gasteiger partial charge in [0.15, 0.2) is 5.69 Å². The number of likely N-dealkylation sites (tertiary alicyclic amines) is 2. The monoisotopic (exact) mass is 402 g/mol. The molecule has 2 saturated heterocycles. The number of aromatic nitrogens is 1. The maximum atomic E-state index is 13.3. The summed E-state index contributed by atoms with van der Waals surface area (Å²) in [5.74, 6) is 1.69. The molecule has 1 aromatic heterocycles. The summed E-state index contributed by atoms with van der Waals surface area (Å²) in [7, 11) is 2.13. The maximum Gasteiger partial charge on any atom is 0.276 e. The topological polar surface area (TPSA) is 78.7 Å². The Morgan fingerprint density at radius 1 is 1.28 bits per heavy atom. The van der Waals surface area contributed by atoms with E-state index in [4.69, 9.17) is 4.52 Å². The minimum atomic E-state index is -0.265. The summed E-state index contributed by atoms with van der Waals surface area (Å²) in [6.07, 6.45) is 3.98. The van der Waals surface area contributed by atoms with Crippen molar-refractivity contribution in [2.24, 2.45) is 22.7 Å². The fourth-order valence-electron chi connectivity index (χ4n) is 6.02. The average molecular weight is 403 g/mol. The standard InChI is InChI=1S/C22H34N4O3/c1-15(2)12-23-20(28)22-6-5-21(18(22)13-25(4)14-22)7-9-26(10-8-21)19(27)17-11-16(3)29-24-17/h11,15,18H,5-10,12-14H2,1-4H3,(H,23,28)/t18-,22+/m0/s1. The smallest absolute Gasteiger partial charge is 0.276 e. The van der Waals surface area contributed by atoms with Crippen molar-refractivity contribution in [3.05, 3.63) is 17.5 Å². The molecule has 7 nitrogen and oxygen atoms in total. The third kappa shape index (κ3) is 3.47. The molecule has 160 valence electrons. The summed E-state index contributed by atoms with van der Waals surface area (Å²) in [4.78, 5) is 30.2. The van der Waals surface area contributed by atoms with E-state index in [1.165, 1.54) is 0 Å². The van der Waals surface area contributed by atoms with Crippen LogP contribution in [0.15, 0.2) is 10.6 Å². The molecule has 1 aliphatic carbocycles. The highest BCUT2D eigenvalue weighted by atomic mass is 16.5. The van der Waals surface area contributed by atoms with Crippen LogP contribution < -0.4 is 5.32 Å². The second-order valence-corrected chi connectivity index (χ2v) is 9.99. The van der Waals surface area contributed by atoms with Gasteiger partial charge in [0.1, 0.15) is 5.76 Å². The van der Waals surface area contributed by atoms with E-state index in [2.05, 4.69) is 36.3 Å². The van der Waals surface area contributed by atoms with Crippen molar-refractivity contribution in [3.8, 4) is 0 Å². The Balaban J connectivity index is 1.47. The van der Waals surface area contributed by atoms with Crippen molar-refractivity contribution in [2.75, 3.05) is 39.8 Å². The predicted molar refractivity (Wildman–Crippen MR) is 109 cm³/mol. The lowest BCUT2D eigenvalue weighted by Crippen LogP contribution is -2.50. The van der Waals surface area contributed by atoms with E-state index in [0.717, 1.165) is 58.4 Å². The lowest BCUT2D eigenvalue weighted by molar-refractivity contribution is -0.133. The van der Waals surface area contributed by atoms with Crippen molar-refractivity contribution < 1.29 is 14.1 Å². The van der Waals surface area contributed by atoms with E-state index in [-0.39, 0.29) is 22.6 Å². The summed E-state index contributed by atoms with van der Waals surface area (Å²) in [5.41, 5.74) is 0.294. The summed E-state index contributed by atoms with van der Waals surface area (Å²) in [6.45, 7) is 10.1. The zero-order chi connectivity index (χ0) is 20.8. The van der Waals surface area contributed by atoms with E-state index in [1.807, 2.05) is 4.90 Å². The Hall–Kier alpha value is -1.89. The molecule has 0 radical (unpaired) electrons. The van der Waals surface area contributed by atoms with Gasteiger partial charge in [0.2, 0.25) is 5.91 Å². The number of fused-ring (bicyclic) bond motifs is 2. The van der Waals surface area contributed by atoms with Crippen LogP contribution in [0.5, 0.6) is 0 Å². The molecule has 3 aliphatic rings. The lowest BCUT2D eigenvalue weighted by Gasteiger charge is -2.44. The number of aryl methyl sites for hydroxylation is 1. The first-order valence-corrected chi connectivity index (χ1v) is 11.0. The van der Waals surface area contributed by atoms with Crippen LogP contribution >= 0.6 is 0 Å². The van der Waals surface area contributed by atoms with Crippen molar-refractivity contribution in [3.63, 3.8) is 0 Å². The average Bonchev–Trinajstić information content (AvgIpc) is 3.35. The van der Waals surface area contributed by atoms with Crippen molar-refractivity contribution in [2.45, 2.75) is 46.5 Å². The number of hydrogen-bond acceptors (Lipinski definition) is 5. The number of piperidine rings is 1. The maximum absolute atomic E-state index is 13.3. The van der Waals surface area contributed by atoms with Crippen LogP contribution in [0.2, 0.25) is 0 Å². The Morgan fingerprint density at radius 3 is 2.62 bits per heavy atom. The van der Waals surface area contributed by atoms with Gasteiger partial charge in [0.05, 0.1) is 5.41 Å². The molecule has 0 bridgehead atoms. The molecule has 0 unspecified atom stereocenters. The van der Waals surface area contributed by atoms with Crippen molar-refractivity contribution >= 4 is 11.8 Å².